The van der Waals surface area contributed by atoms with Crippen LogP contribution in [-0.4, -0.2) is 39.2 Å². The van der Waals surface area contributed by atoms with Crippen molar-refractivity contribution in [1.82, 2.24) is 4.98 Å². The van der Waals surface area contributed by atoms with E-state index in [2.05, 4.69) is 15.6 Å². The fraction of sp³-hybridized carbons (Fsp3) is 0.182. The average molecular weight is 392 g/mol. The first-order chi connectivity index (χ1) is 14.0. The smallest absolute Gasteiger partial charge is 0.257 e. The van der Waals surface area contributed by atoms with Gasteiger partial charge in [-0.25, -0.2) is 4.98 Å². The molecule has 0 saturated carbocycles. The third kappa shape index (κ3) is 4.95. The molecule has 1 amide bonds. The van der Waals surface area contributed by atoms with Crippen LogP contribution in [0, 0.1) is 0 Å². The van der Waals surface area contributed by atoms with Crippen LogP contribution in [0.4, 0.5) is 22.9 Å². The monoisotopic (exact) mass is 392 g/mol. The highest BCUT2D eigenvalue weighted by Crippen LogP contribution is 2.29. The number of carbonyl (C=O) groups excluding carboxylic acids is 1. The third-order valence-corrected chi connectivity index (χ3v) is 4.34. The molecule has 0 unspecified atom stereocenters. The topological polar surface area (TPSA) is 75.7 Å². The number of hydrogen-bond acceptors (Lipinski definition) is 6. The Morgan fingerprint density at radius 3 is 2.31 bits per heavy atom. The molecule has 0 spiro atoms. The van der Waals surface area contributed by atoms with Gasteiger partial charge in [0.05, 0.1) is 25.5 Å². The third-order valence-electron chi connectivity index (χ3n) is 4.34. The maximum absolute atomic E-state index is 12.5. The molecule has 0 saturated heterocycles. The Balaban J connectivity index is 1.67. The summed E-state index contributed by atoms with van der Waals surface area (Å²) < 4.78 is 10.5. The number of ether oxygens (including phenoxy) is 2. The van der Waals surface area contributed by atoms with Crippen molar-refractivity contribution in [2.75, 3.05) is 43.8 Å². The fourth-order valence-electron chi connectivity index (χ4n) is 2.69. The number of rotatable bonds is 7. The summed E-state index contributed by atoms with van der Waals surface area (Å²) in [5.41, 5.74) is 3.03. The van der Waals surface area contributed by atoms with Crippen LogP contribution in [0.25, 0.3) is 0 Å². The lowest BCUT2D eigenvalue weighted by Gasteiger charge is -2.13. The van der Waals surface area contributed by atoms with E-state index < -0.39 is 0 Å². The van der Waals surface area contributed by atoms with Crippen molar-refractivity contribution in [3.8, 4) is 11.5 Å². The van der Waals surface area contributed by atoms with Gasteiger partial charge in [0.2, 0.25) is 0 Å². The van der Waals surface area contributed by atoms with Gasteiger partial charge in [0.1, 0.15) is 17.3 Å². The lowest BCUT2D eigenvalue weighted by molar-refractivity contribution is 0.102. The summed E-state index contributed by atoms with van der Waals surface area (Å²) >= 11 is 0. The maximum Gasteiger partial charge on any atom is 0.257 e. The number of anilines is 4. The summed E-state index contributed by atoms with van der Waals surface area (Å²) in [7, 11) is 7.10. The molecule has 0 bridgehead atoms. The minimum absolute atomic E-state index is 0.275. The summed E-state index contributed by atoms with van der Waals surface area (Å²) in [6.07, 6.45) is 1.53. The van der Waals surface area contributed by atoms with Gasteiger partial charge in [-0.2, -0.15) is 0 Å². The predicted octanol–water partition coefficient (Wildman–Crippen LogP) is 4.16. The lowest BCUT2D eigenvalue weighted by Crippen LogP contribution is -2.13. The van der Waals surface area contributed by atoms with Crippen LogP contribution in [0.15, 0.2) is 60.8 Å². The van der Waals surface area contributed by atoms with Crippen LogP contribution in [0.1, 0.15) is 10.4 Å². The number of aromatic nitrogens is 1. The zero-order valence-electron chi connectivity index (χ0n) is 16.9. The van der Waals surface area contributed by atoms with E-state index >= 15 is 0 Å². The van der Waals surface area contributed by atoms with Gasteiger partial charge in [0.25, 0.3) is 5.91 Å². The molecule has 7 nitrogen and oxygen atoms in total. The standard InChI is InChI=1S/C22H24N4O3/c1-26(2)17-8-6-16(7-9-17)24-21-12-5-15(14-23-21)22(27)25-19-11-10-18(28-3)13-20(19)29-4/h5-14H,1-4H3,(H,23,24)(H,25,27). The minimum atomic E-state index is -0.275. The van der Waals surface area contributed by atoms with E-state index in [4.69, 9.17) is 9.47 Å². The molecule has 7 heteroatoms. The summed E-state index contributed by atoms with van der Waals surface area (Å²) in [6, 6.07) is 16.7. The van der Waals surface area contributed by atoms with Gasteiger partial charge in [0, 0.05) is 37.7 Å². The Morgan fingerprint density at radius 1 is 0.966 bits per heavy atom. The van der Waals surface area contributed by atoms with E-state index in [-0.39, 0.29) is 5.91 Å². The number of nitrogens with zero attached hydrogens (tertiary/aromatic N) is 2. The highest BCUT2D eigenvalue weighted by Gasteiger charge is 2.11. The molecule has 2 aromatic carbocycles. The van der Waals surface area contributed by atoms with Gasteiger partial charge in [-0.05, 0) is 48.5 Å². The summed E-state index contributed by atoms with van der Waals surface area (Å²) in [5, 5.41) is 6.05. The van der Waals surface area contributed by atoms with Crippen LogP contribution in [0.3, 0.4) is 0 Å². The number of pyridine rings is 1. The molecular formula is C22H24N4O3. The van der Waals surface area contributed by atoms with Gasteiger partial charge in [0.15, 0.2) is 0 Å². The molecule has 0 fully saturated rings. The molecule has 0 radical (unpaired) electrons. The van der Waals surface area contributed by atoms with Crippen LogP contribution in [0.2, 0.25) is 0 Å². The number of carbonyl (C=O) groups is 1. The highest BCUT2D eigenvalue weighted by molar-refractivity contribution is 6.05. The number of benzene rings is 2. The van der Waals surface area contributed by atoms with E-state index in [1.807, 2.05) is 43.3 Å². The Kier molecular flexibility index (Phi) is 6.19. The summed E-state index contributed by atoms with van der Waals surface area (Å²) in [6.45, 7) is 0. The van der Waals surface area contributed by atoms with Gasteiger partial charge in [-0.15, -0.1) is 0 Å². The quantitative estimate of drug-likeness (QED) is 0.629. The van der Waals surface area contributed by atoms with Crippen LogP contribution >= 0.6 is 0 Å². The largest absolute Gasteiger partial charge is 0.497 e. The Hall–Kier alpha value is -3.74. The molecule has 29 heavy (non-hydrogen) atoms. The van der Waals surface area contributed by atoms with Crippen molar-refractivity contribution in [2.45, 2.75) is 0 Å². The molecule has 3 aromatic rings. The van der Waals surface area contributed by atoms with E-state index in [0.717, 1.165) is 11.4 Å². The number of methoxy groups -OCH3 is 2. The normalized spacial score (nSPS) is 10.2. The van der Waals surface area contributed by atoms with Crippen molar-refractivity contribution in [2.24, 2.45) is 0 Å². The molecule has 0 atom stereocenters. The molecule has 3 rings (SSSR count). The van der Waals surface area contributed by atoms with Crippen molar-refractivity contribution < 1.29 is 14.3 Å². The van der Waals surface area contributed by atoms with E-state index in [1.54, 1.807) is 37.4 Å². The van der Waals surface area contributed by atoms with E-state index in [0.29, 0.717) is 28.6 Å². The first kappa shape index (κ1) is 20.0. The first-order valence-electron chi connectivity index (χ1n) is 9.04. The molecule has 150 valence electrons. The Labute approximate surface area is 170 Å². The Bertz CT molecular complexity index is 970. The van der Waals surface area contributed by atoms with Gasteiger partial charge in [-0.1, -0.05) is 0 Å². The lowest BCUT2D eigenvalue weighted by atomic mass is 10.2. The van der Waals surface area contributed by atoms with Gasteiger partial charge in [-0.3, -0.25) is 4.79 Å². The number of nitrogens with one attached hydrogen (secondary N) is 2. The van der Waals surface area contributed by atoms with Crippen LogP contribution in [0.5, 0.6) is 11.5 Å². The van der Waals surface area contributed by atoms with Gasteiger partial charge >= 0.3 is 0 Å². The summed E-state index contributed by atoms with van der Waals surface area (Å²) in [4.78, 5) is 18.9. The van der Waals surface area contributed by atoms with Crippen LogP contribution < -0.4 is 25.0 Å². The first-order valence-corrected chi connectivity index (χ1v) is 9.04. The summed E-state index contributed by atoms with van der Waals surface area (Å²) in [5.74, 6) is 1.55. The zero-order valence-corrected chi connectivity index (χ0v) is 16.9. The molecule has 1 aromatic heterocycles. The van der Waals surface area contributed by atoms with Crippen molar-refractivity contribution in [3.63, 3.8) is 0 Å². The maximum atomic E-state index is 12.5. The molecule has 0 aliphatic carbocycles. The zero-order chi connectivity index (χ0) is 20.8. The van der Waals surface area contributed by atoms with E-state index in [1.165, 1.54) is 13.3 Å². The molecule has 2 N–H and O–H groups in total. The Morgan fingerprint density at radius 2 is 1.72 bits per heavy atom. The highest BCUT2D eigenvalue weighted by atomic mass is 16.5. The van der Waals surface area contributed by atoms with Gasteiger partial charge < -0.3 is 25.0 Å². The second-order valence-corrected chi connectivity index (χ2v) is 6.52. The minimum Gasteiger partial charge on any atom is -0.497 e. The molecular weight excluding hydrogens is 368 g/mol. The molecule has 0 aliphatic heterocycles. The van der Waals surface area contributed by atoms with Crippen molar-refractivity contribution >= 4 is 28.8 Å². The SMILES string of the molecule is COc1ccc(NC(=O)c2ccc(Nc3ccc(N(C)C)cc3)nc2)c(OC)c1. The second kappa shape index (κ2) is 8.97. The number of hydrogen-bond donors (Lipinski definition) is 2. The van der Waals surface area contributed by atoms with Crippen molar-refractivity contribution in [3.05, 3.63) is 66.4 Å². The average Bonchev–Trinajstić information content (AvgIpc) is 2.74. The second-order valence-electron chi connectivity index (χ2n) is 6.52. The molecule has 1 heterocycles. The fourth-order valence-corrected chi connectivity index (χ4v) is 2.69. The molecule has 0 aliphatic rings. The number of amides is 1. The predicted molar refractivity (Wildman–Crippen MR) is 116 cm³/mol. The van der Waals surface area contributed by atoms with Crippen molar-refractivity contribution in [1.29, 1.82) is 0 Å². The van der Waals surface area contributed by atoms with E-state index in [9.17, 15) is 4.79 Å². The van der Waals surface area contributed by atoms with Crippen LogP contribution in [-0.2, 0) is 0 Å².